The maximum absolute atomic E-state index is 12.9. The van der Waals surface area contributed by atoms with E-state index in [9.17, 15) is 9.59 Å². The molecule has 3 N–H and O–H groups in total. The number of carbonyl (C=O) groups excluding carboxylic acids is 2. The van der Waals surface area contributed by atoms with Gasteiger partial charge in [-0.1, -0.05) is 67.9 Å². The molecular weight excluding hydrogens is 490 g/mol. The summed E-state index contributed by atoms with van der Waals surface area (Å²) in [4.78, 5) is 25.1. The first-order valence-electron chi connectivity index (χ1n) is 13.5. The van der Waals surface area contributed by atoms with Crippen molar-refractivity contribution >= 4 is 17.8 Å². The predicted octanol–water partition coefficient (Wildman–Crippen LogP) is 6.47. The largest absolute Gasteiger partial charge is 0.482 e. The number of aryl methyl sites for hydroxylation is 1. The predicted molar refractivity (Wildman–Crippen MR) is 154 cm³/mol. The van der Waals surface area contributed by atoms with Gasteiger partial charge in [-0.3, -0.25) is 15.5 Å². The van der Waals surface area contributed by atoms with Crippen molar-refractivity contribution < 1.29 is 19.1 Å². The second kappa shape index (κ2) is 12.2. The molecule has 204 valence electrons. The molecule has 3 aromatic carbocycles. The molecule has 4 rings (SSSR count). The van der Waals surface area contributed by atoms with Crippen LogP contribution in [0.1, 0.15) is 67.9 Å². The fraction of sp³-hybridized carbons (Fsp3) is 0.344. The van der Waals surface area contributed by atoms with Crippen molar-refractivity contribution in [2.45, 2.75) is 64.6 Å². The molecule has 0 aliphatic carbocycles. The molecule has 2 atom stereocenters. The standard InChI is InChI=1S/C32H37N3O4/c1-5-8-21-11-13-22(14-12-21)23-15-17-24(18-16-23)30(36)34-20-19-26-25-9-6-7-10-27(25)38-28(26)29(33)35-31(37)39-32(2,3)4/h6-7,9-18,26,28H,5,8,19-20H2,1-4H3,(H,34,36)(H2,33,35,37). The van der Waals surface area contributed by atoms with Crippen molar-refractivity contribution in [3.05, 3.63) is 89.5 Å². The van der Waals surface area contributed by atoms with Crippen LogP contribution in [0.15, 0.2) is 72.8 Å². The summed E-state index contributed by atoms with van der Waals surface area (Å²) in [6.45, 7) is 7.86. The lowest BCUT2D eigenvalue weighted by atomic mass is 9.91. The summed E-state index contributed by atoms with van der Waals surface area (Å²) in [7, 11) is 0. The van der Waals surface area contributed by atoms with Gasteiger partial charge < -0.3 is 14.8 Å². The summed E-state index contributed by atoms with van der Waals surface area (Å²) in [5, 5.41) is 14.0. The second-order valence-electron chi connectivity index (χ2n) is 10.8. The minimum Gasteiger partial charge on any atom is -0.482 e. The number of para-hydroxylation sites is 1. The number of hydrogen-bond donors (Lipinski definition) is 3. The van der Waals surface area contributed by atoms with Crippen molar-refractivity contribution in [1.29, 1.82) is 5.41 Å². The molecule has 2 unspecified atom stereocenters. The summed E-state index contributed by atoms with van der Waals surface area (Å²) in [6, 6.07) is 23.7. The Kier molecular flexibility index (Phi) is 8.69. The van der Waals surface area contributed by atoms with Gasteiger partial charge in [0, 0.05) is 23.6 Å². The van der Waals surface area contributed by atoms with Crippen LogP contribution in [0.3, 0.4) is 0 Å². The Morgan fingerprint density at radius 2 is 1.59 bits per heavy atom. The molecular formula is C32H37N3O4. The number of carbonyl (C=O) groups is 2. The SMILES string of the molecule is CCCc1ccc(-c2ccc(C(=O)NCCC3c4ccccc4OC3C(=N)NC(=O)OC(C)(C)C)cc2)cc1. The van der Waals surface area contributed by atoms with E-state index >= 15 is 0 Å². The molecule has 1 aliphatic rings. The van der Waals surface area contributed by atoms with Crippen molar-refractivity contribution in [2.24, 2.45) is 0 Å². The lowest BCUT2D eigenvalue weighted by Gasteiger charge is -2.23. The number of amides is 2. The average molecular weight is 528 g/mol. The van der Waals surface area contributed by atoms with E-state index in [1.54, 1.807) is 20.8 Å². The molecule has 2 amide bonds. The van der Waals surface area contributed by atoms with E-state index in [0.717, 1.165) is 29.5 Å². The minimum atomic E-state index is -0.695. The van der Waals surface area contributed by atoms with E-state index in [4.69, 9.17) is 14.9 Å². The molecule has 39 heavy (non-hydrogen) atoms. The number of nitrogens with one attached hydrogen (secondary N) is 3. The van der Waals surface area contributed by atoms with E-state index in [2.05, 4.69) is 41.8 Å². The molecule has 7 nitrogen and oxygen atoms in total. The van der Waals surface area contributed by atoms with Crippen LogP contribution in [0.5, 0.6) is 5.75 Å². The Labute approximate surface area is 230 Å². The Bertz CT molecular complexity index is 1310. The molecule has 0 fully saturated rings. The highest BCUT2D eigenvalue weighted by Crippen LogP contribution is 2.40. The van der Waals surface area contributed by atoms with Gasteiger partial charge in [0.25, 0.3) is 5.91 Å². The number of ether oxygens (including phenoxy) is 2. The van der Waals surface area contributed by atoms with Gasteiger partial charge in [-0.15, -0.1) is 0 Å². The fourth-order valence-electron chi connectivity index (χ4n) is 4.74. The third kappa shape index (κ3) is 7.25. The van der Waals surface area contributed by atoms with Gasteiger partial charge in [0.05, 0.1) is 0 Å². The zero-order valence-corrected chi connectivity index (χ0v) is 23.0. The molecule has 0 saturated heterocycles. The smallest absolute Gasteiger partial charge is 0.413 e. The van der Waals surface area contributed by atoms with Crippen LogP contribution in [-0.2, 0) is 11.2 Å². The van der Waals surface area contributed by atoms with Gasteiger partial charge in [0.2, 0.25) is 0 Å². The molecule has 7 heteroatoms. The lowest BCUT2D eigenvalue weighted by Crippen LogP contribution is -2.44. The van der Waals surface area contributed by atoms with Gasteiger partial charge in [-0.05, 0) is 68.5 Å². The molecule has 3 aromatic rings. The Balaban J connectivity index is 1.36. The van der Waals surface area contributed by atoms with Gasteiger partial charge in [-0.2, -0.15) is 0 Å². The van der Waals surface area contributed by atoms with Crippen molar-refractivity contribution in [3.63, 3.8) is 0 Å². The van der Waals surface area contributed by atoms with Gasteiger partial charge in [-0.25, -0.2) is 4.79 Å². The molecule has 0 bridgehead atoms. The number of benzene rings is 3. The van der Waals surface area contributed by atoms with E-state index in [1.807, 2.05) is 48.5 Å². The van der Waals surface area contributed by atoms with Crippen LogP contribution in [0.25, 0.3) is 11.1 Å². The van der Waals surface area contributed by atoms with Gasteiger partial charge in [0.15, 0.2) is 6.10 Å². The van der Waals surface area contributed by atoms with Crippen LogP contribution >= 0.6 is 0 Å². The maximum atomic E-state index is 12.9. The van der Waals surface area contributed by atoms with Crippen LogP contribution < -0.4 is 15.4 Å². The molecule has 1 heterocycles. The van der Waals surface area contributed by atoms with E-state index in [-0.39, 0.29) is 17.7 Å². The van der Waals surface area contributed by atoms with E-state index in [1.165, 1.54) is 5.56 Å². The lowest BCUT2D eigenvalue weighted by molar-refractivity contribution is 0.0556. The quantitative estimate of drug-likeness (QED) is 0.231. The topological polar surface area (TPSA) is 101 Å². The number of fused-ring (bicyclic) bond motifs is 1. The molecule has 0 radical (unpaired) electrons. The number of amidine groups is 1. The maximum Gasteiger partial charge on any atom is 0.413 e. The molecule has 0 aromatic heterocycles. The number of hydrogen-bond acceptors (Lipinski definition) is 5. The normalized spacial score (nSPS) is 16.1. The van der Waals surface area contributed by atoms with E-state index < -0.39 is 17.8 Å². The Hall–Kier alpha value is -4.13. The average Bonchev–Trinajstić information content (AvgIpc) is 3.27. The fourth-order valence-corrected chi connectivity index (χ4v) is 4.74. The first kappa shape index (κ1) is 27.9. The first-order valence-corrected chi connectivity index (χ1v) is 13.5. The van der Waals surface area contributed by atoms with Crippen LogP contribution in [0.4, 0.5) is 4.79 Å². The van der Waals surface area contributed by atoms with Crippen LogP contribution in [0, 0.1) is 5.41 Å². The van der Waals surface area contributed by atoms with Crippen LogP contribution in [-0.4, -0.2) is 36.1 Å². The summed E-state index contributed by atoms with van der Waals surface area (Å²) in [5.41, 5.74) is 4.36. The third-order valence-electron chi connectivity index (χ3n) is 6.57. The van der Waals surface area contributed by atoms with Crippen molar-refractivity contribution in [3.8, 4) is 16.9 Å². The first-order chi connectivity index (χ1) is 18.6. The van der Waals surface area contributed by atoms with Crippen molar-refractivity contribution in [1.82, 2.24) is 10.6 Å². The van der Waals surface area contributed by atoms with Crippen molar-refractivity contribution in [2.75, 3.05) is 6.54 Å². The summed E-state index contributed by atoms with van der Waals surface area (Å²) < 4.78 is 11.3. The Morgan fingerprint density at radius 3 is 2.23 bits per heavy atom. The third-order valence-corrected chi connectivity index (χ3v) is 6.57. The van der Waals surface area contributed by atoms with E-state index in [0.29, 0.717) is 24.3 Å². The van der Waals surface area contributed by atoms with Gasteiger partial charge in [0.1, 0.15) is 17.2 Å². The minimum absolute atomic E-state index is 0.0740. The highest BCUT2D eigenvalue weighted by Gasteiger charge is 2.38. The molecule has 0 spiro atoms. The number of rotatable bonds is 8. The summed E-state index contributed by atoms with van der Waals surface area (Å²) in [5.74, 6) is 0.232. The van der Waals surface area contributed by atoms with Gasteiger partial charge >= 0.3 is 6.09 Å². The summed E-state index contributed by atoms with van der Waals surface area (Å²) in [6.07, 6.45) is 1.35. The molecule has 0 saturated carbocycles. The monoisotopic (exact) mass is 527 g/mol. The second-order valence-corrected chi connectivity index (χ2v) is 10.8. The summed E-state index contributed by atoms with van der Waals surface area (Å²) >= 11 is 0. The zero-order valence-electron chi connectivity index (χ0n) is 23.0. The van der Waals surface area contributed by atoms with Crippen LogP contribution in [0.2, 0.25) is 0 Å². The zero-order chi connectivity index (χ0) is 28.0. The Morgan fingerprint density at radius 1 is 0.949 bits per heavy atom. The molecule has 1 aliphatic heterocycles. The highest BCUT2D eigenvalue weighted by molar-refractivity contribution is 5.97. The number of alkyl carbamates (subject to hydrolysis) is 1. The highest BCUT2D eigenvalue weighted by atomic mass is 16.6.